The Kier molecular flexibility index (Phi) is 5.45. The minimum atomic E-state index is 0.177. The van der Waals surface area contributed by atoms with Crippen molar-refractivity contribution in [3.05, 3.63) is 29.3 Å². The molecule has 3 nitrogen and oxygen atoms in total. The number of nitrogens with one attached hydrogen (secondary N) is 2. The number of carbonyl (C=O) groups is 1. The number of aryl methyl sites for hydroxylation is 2. The number of carbonyl (C=O) groups excluding carboxylic acids is 1. The zero-order valence-electron chi connectivity index (χ0n) is 12.7. The van der Waals surface area contributed by atoms with Crippen LogP contribution in [-0.2, 0) is 11.2 Å². The van der Waals surface area contributed by atoms with Crippen LogP contribution in [0.15, 0.2) is 18.2 Å². The Morgan fingerprint density at radius 3 is 2.75 bits per heavy atom. The lowest BCUT2D eigenvalue weighted by molar-refractivity contribution is -0.121. The summed E-state index contributed by atoms with van der Waals surface area (Å²) in [6, 6.07) is 6.77. The summed E-state index contributed by atoms with van der Waals surface area (Å²) in [6.07, 6.45) is 6.37. The third kappa shape index (κ3) is 3.99. The highest BCUT2D eigenvalue weighted by Crippen LogP contribution is 2.21. The van der Waals surface area contributed by atoms with E-state index in [1.165, 1.54) is 29.7 Å². The Bertz CT molecular complexity index is 450. The number of hydrogen-bond acceptors (Lipinski definition) is 2. The number of amides is 1. The second-order valence-electron chi connectivity index (χ2n) is 5.69. The second-order valence-corrected chi connectivity index (χ2v) is 5.69. The molecule has 0 atom stereocenters. The first-order valence-electron chi connectivity index (χ1n) is 7.82. The number of hydrogen-bond donors (Lipinski definition) is 2. The highest BCUT2D eigenvalue weighted by atomic mass is 16.1. The van der Waals surface area contributed by atoms with E-state index in [1.54, 1.807) is 0 Å². The Morgan fingerprint density at radius 2 is 2.05 bits per heavy atom. The Labute approximate surface area is 122 Å². The van der Waals surface area contributed by atoms with Gasteiger partial charge in [-0.25, -0.2) is 0 Å². The van der Waals surface area contributed by atoms with Crippen LogP contribution in [0.2, 0.25) is 0 Å². The van der Waals surface area contributed by atoms with Crippen LogP contribution in [-0.4, -0.2) is 18.5 Å². The highest BCUT2D eigenvalue weighted by Gasteiger charge is 2.16. The molecule has 1 fully saturated rings. The summed E-state index contributed by atoms with van der Waals surface area (Å²) in [5.74, 6) is 0.177. The summed E-state index contributed by atoms with van der Waals surface area (Å²) in [6.45, 7) is 4.98. The summed E-state index contributed by atoms with van der Waals surface area (Å²) in [7, 11) is 0. The molecule has 0 aromatic heterocycles. The molecule has 1 aromatic rings. The zero-order valence-corrected chi connectivity index (χ0v) is 12.7. The van der Waals surface area contributed by atoms with Crippen LogP contribution in [0, 0.1) is 6.92 Å². The van der Waals surface area contributed by atoms with Gasteiger partial charge in [0.1, 0.15) is 0 Å². The molecule has 0 unspecified atom stereocenters. The van der Waals surface area contributed by atoms with Crippen molar-refractivity contribution in [2.75, 3.05) is 11.9 Å². The molecule has 1 aliphatic carbocycles. The van der Waals surface area contributed by atoms with Gasteiger partial charge < -0.3 is 10.6 Å². The topological polar surface area (TPSA) is 41.1 Å². The Hall–Kier alpha value is -1.51. The molecule has 20 heavy (non-hydrogen) atoms. The maximum Gasteiger partial charge on any atom is 0.221 e. The van der Waals surface area contributed by atoms with E-state index in [0.29, 0.717) is 19.0 Å². The van der Waals surface area contributed by atoms with E-state index < -0.39 is 0 Å². The van der Waals surface area contributed by atoms with Crippen molar-refractivity contribution in [2.45, 2.75) is 58.4 Å². The van der Waals surface area contributed by atoms with Gasteiger partial charge >= 0.3 is 0 Å². The van der Waals surface area contributed by atoms with Crippen molar-refractivity contribution in [1.29, 1.82) is 0 Å². The summed E-state index contributed by atoms with van der Waals surface area (Å²) in [5.41, 5.74) is 3.77. The van der Waals surface area contributed by atoms with Crippen LogP contribution in [0.1, 0.15) is 50.2 Å². The van der Waals surface area contributed by atoms with Gasteiger partial charge in [-0.05, 0) is 37.3 Å². The van der Waals surface area contributed by atoms with Crippen molar-refractivity contribution in [1.82, 2.24) is 5.32 Å². The first-order chi connectivity index (χ1) is 9.70. The van der Waals surface area contributed by atoms with E-state index in [-0.39, 0.29) is 5.91 Å². The van der Waals surface area contributed by atoms with Gasteiger partial charge in [0, 0.05) is 24.7 Å². The smallest absolute Gasteiger partial charge is 0.221 e. The second kappa shape index (κ2) is 7.32. The van der Waals surface area contributed by atoms with Crippen molar-refractivity contribution in [2.24, 2.45) is 0 Å². The number of para-hydroxylation sites is 1. The van der Waals surface area contributed by atoms with E-state index in [2.05, 4.69) is 42.7 Å². The molecule has 2 N–H and O–H groups in total. The average Bonchev–Trinajstić information content (AvgIpc) is 2.93. The monoisotopic (exact) mass is 274 g/mol. The van der Waals surface area contributed by atoms with E-state index in [9.17, 15) is 4.79 Å². The lowest BCUT2D eigenvalue weighted by Crippen LogP contribution is -2.33. The highest BCUT2D eigenvalue weighted by molar-refractivity contribution is 5.77. The summed E-state index contributed by atoms with van der Waals surface area (Å²) in [4.78, 5) is 11.9. The first-order valence-corrected chi connectivity index (χ1v) is 7.82. The lowest BCUT2D eigenvalue weighted by atomic mass is 10.1. The van der Waals surface area contributed by atoms with E-state index in [1.807, 2.05) is 0 Å². The maximum atomic E-state index is 11.9. The SMILES string of the molecule is CCc1cccc(C)c1NCCC(=O)NC1CCCC1. The lowest BCUT2D eigenvalue weighted by Gasteiger charge is -2.15. The van der Waals surface area contributed by atoms with Gasteiger partial charge in [-0.1, -0.05) is 38.0 Å². The van der Waals surface area contributed by atoms with Crippen molar-refractivity contribution in [3.63, 3.8) is 0 Å². The standard InChI is InChI=1S/C17H26N2O/c1-3-14-8-6-7-13(2)17(14)18-12-11-16(20)19-15-9-4-5-10-15/h6-8,15,18H,3-5,9-12H2,1-2H3,(H,19,20). The minimum Gasteiger partial charge on any atom is -0.384 e. The quantitative estimate of drug-likeness (QED) is 0.834. The van der Waals surface area contributed by atoms with E-state index in [4.69, 9.17) is 0 Å². The molecule has 110 valence electrons. The number of anilines is 1. The van der Waals surface area contributed by atoms with Gasteiger partial charge in [-0.15, -0.1) is 0 Å². The molecule has 0 heterocycles. The molecule has 0 bridgehead atoms. The maximum absolute atomic E-state index is 11.9. The fourth-order valence-electron chi connectivity index (χ4n) is 2.95. The predicted molar refractivity (Wildman–Crippen MR) is 84.1 cm³/mol. The number of rotatable bonds is 6. The number of benzene rings is 1. The average molecular weight is 274 g/mol. The normalized spacial score (nSPS) is 15.3. The molecule has 0 aliphatic heterocycles. The zero-order chi connectivity index (χ0) is 14.4. The third-order valence-corrected chi connectivity index (χ3v) is 4.11. The summed E-state index contributed by atoms with van der Waals surface area (Å²) < 4.78 is 0. The molecule has 0 saturated heterocycles. The van der Waals surface area contributed by atoms with Gasteiger partial charge in [0.2, 0.25) is 5.91 Å². The van der Waals surface area contributed by atoms with Crippen LogP contribution >= 0.6 is 0 Å². The van der Waals surface area contributed by atoms with Crippen LogP contribution in [0.3, 0.4) is 0 Å². The molecule has 1 saturated carbocycles. The van der Waals surface area contributed by atoms with Crippen molar-refractivity contribution >= 4 is 11.6 Å². The van der Waals surface area contributed by atoms with Crippen LogP contribution in [0.25, 0.3) is 0 Å². The molecular weight excluding hydrogens is 248 g/mol. The molecular formula is C17H26N2O. The summed E-state index contributed by atoms with van der Waals surface area (Å²) in [5, 5.41) is 6.56. The van der Waals surface area contributed by atoms with Crippen LogP contribution < -0.4 is 10.6 Å². The Morgan fingerprint density at radius 1 is 1.30 bits per heavy atom. The van der Waals surface area contributed by atoms with E-state index in [0.717, 1.165) is 19.3 Å². The largest absolute Gasteiger partial charge is 0.384 e. The predicted octanol–water partition coefficient (Wildman–Crippen LogP) is 3.42. The van der Waals surface area contributed by atoms with Gasteiger partial charge in [0.15, 0.2) is 0 Å². The van der Waals surface area contributed by atoms with E-state index >= 15 is 0 Å². The minimum absolute atomic E-state index is 0.177. The Balaban J connectivity index is 1.79. The van der Waals surface area contributed by atoms with Gasteiger partial charge in [0.25, 0.3) is 0 Å². The molecule has 3 heteroatoms. The van der Waals surface area contributed by atoms with Crippen LogP contribution in [0.4, 0.5) is 5.69 Å². The third-order valence-electron chi connectivity index (χ3n) is 4.11. The molecule has 1 aliphatic rings. The summed E-state index contributed by atoms with van der Waals surface area (Å²) >= 11 is 0. The first kappa shape index (κ1) is 14.9. The molecule has 0 radical (unpaired) electrons. The fourth-order valence-corrected chi connectivity index (χ4v) is 2.95. The fraction of sp³-hybridized carbons (Fsp3) is 0.588. The molecule has 0 spiro atoms. The van der Waals surface area contributed by atoms with Crippen molar-refractivity contribution in [3.8, 4) is 0 Å². The van der Waals surface area contributed by atoms with Gasteiger partial charge in [-0.2, -0.15) is 0 Å². The molecule has 2 rings (SSSR count). The van der Waals surface area contributed by atoms with Gasteiger partial charge in [0.05, 0.1) is 0 Å². The van der Waals surface area contributed by atoms with Crippen molar-refractivity contribution < 1.29 is 4.79 Å². The molecule has 1 aromatic carbocycles. The van der Waals surface area contributed by atoms with Crippen LogP contribution in [0.5, 0.6) is 0 Å². The van der Waals surface area contributed by atoms with Gasteiger partial charge in [-0.3, -0.25) is 4.79 Å². The molecule has 1 amide bonds.